The van der Waals surface area contributed by atoms with E-state index in [2.05, 4.69) is 158 Å². The van der Waals surface area contributed by atoms with Crippen LogP contribution in [0.25, 0.3) is 52.7 Å². The van der Waals surface area contributed by atoms with E-state index in [1.54, 1.807) is 22.7 Å². The molecular weight excluding hydrogens is 599 g/mol. The largest absolute Gasteiger partial charge is 0.310 e. The van der Waals surface area contributed by atoms with Gasteiger partial charge in [0.05, 0.1) is 20.4 Å². The van der Waals surface area contributed by atoms with Gasteiger partial charge in [-0.15, -0.1) is 22.7 Å². The molecule has 3 nitrogen and oxygen atoms in total. The van der Waals surface area contributed by atoms with E-state index in [1.165, 1.54) is 32.5 Å². The van der Waals surface area contributed by atoms with E-state index in [-0.39, 0.29) is 5.41 Å². The fraction of sp³-hybridized carbons (Fsp3) is 0.0732. The third-order valence-corrected chi connectivity index (χ3v) is 11.3. The summed E-state index contributed by atoms with van der Waals surface area (Å²) < 4.78 is 2.34. The van der Waals surface area contributed by atoms with Gasteiger partial charge in [-0.2, -0.15) is 0 Å². The summed E-state index contributed by atoms with van der Waals surface area (Å²) in [7, 11) is 0. The smallest absolute Gasteiger partial charge is 0.124 e. The van der Waals surface area contributed by atoms with Crippen molar-refractivity contribution in [1.82, 2.24) is 9.97 Å². The molecule has 0 radical (unpaired) electrons. The van der Waals surface area contributed by atoms with Crippen molar-refractivity contribution in [2.45, 2.75) is 19.3 Å². The minimum atomic E-state index is -0.0300. The molecule has 46 heavy (non-hydrogen) atoms. The van der Waals surface area contributed by atoms with E-state index < -0.39 is 0 Å². The zero-order valence-electron chi connectivity index (χ0n) is 25.4. The Morgan fingerprint density at radius 3 is 1.72 bits per heavy atom. The highest BCUT2D eigenvalue weighted by Crippen LogP contribution is 2.50. The van der Waals surface area contributed by atoms with Crippen molar-refractivity contribution in [3.05, 3.63) is 151 Å². The van der Waals surface area contributed by atoms with Gasteiger partial charge in [0.1, 0.15) is 10.0 Å². The second-order valence-corrected chi connectivity index (χ2v) is 14.4. The Hall–Kier alpha value is -5.10. The van der Waals surface area contributed by atoms with Crippen molar-refractivity contribution in [2.24, 2.45) is 0 Å². The van der Waals surface area contributed by atoms with E-state index in [0.29, 0.717) is 0 Å². The summed E-state index contributed by atoms with van der Waals surface area (Å²) in [4.78, 5) is 12.4. The van der Waals surface area contributed by atoms with Crippen LogP contribution in [0.3, 0.4) is 0 Å². The first-order valence-electron chi connectivity index (χ1n) is 15.5. The molecule has 0 saturated heterocycles. The van der Waals surface area contributed by atoms with Crippen LogP contribution in [-0.2, 0) is 5.41 Å². The quantitative estimate of drug-likeness (QED) is 0.190. The Labute approximate surface area is 276 Å². The van der Waals surface area contributed by atoms with Crippen LogP contribution in [0.2, 0.25) is 0 Å². The predicted octanol–water partition coefficient (Wildman–Crippen LogP) is 12.0. The highest BCUT2D eigenvalue weighted by atomic mass is 32.1. The summed E-state index contributed by atoms with van der Waals surface area (Å²) >= 11 is 3.49. The van der Waals surface area contributed by atoms with Gasteiger partial charge in [-0.1, -0.05) is 86.6 Å². The van der Waals surface area contributed by atoms with E-state index in [1.807, 2.05) is 0 Å². The van der Waals surface area contributed by atoms with Gasteiger partial charge in [0.25, 0.3) is 0 Å². The Balaban J connectivity index is 1.06. The fourth-order valence-electron chi connectivity index (χ4n) is 6.80. The number of aromatic nitrogens is 2. The number of benzene rings is 6. The van der Waals surface area contributed by atoms with Crippen molar-refractivity contribution in [2.75, 3.05) is 4.90 Å². The maximum Gasteiger partial charge on any atom is 0.124 e. The van der Waals surface area contributed by atoms with Gasteiger partial charge in [-0.25, -0.2) is 9.97 Å². The molecule has 1 aliphatic rings. The molecule has 0 saturated carbocycles. The fourth-order valence-corrected chi connectivity index (χ4v) is 8.79. The van der Waals surface area contributed by atoms with Gasteiger partial charge in [0.2, 0.25) is 0 Å². The zero-order chi connectivity index (χ0) is 30.8. The first-order valence-corrected chi connectivity index (χ1v) is 17.1. The molecule has 0 amide bonds. The molecule has 0 bridgehead atoms. The van der Waals surface area contributed by atoms with Gasteiger partial charge >= 0.3 is 0 Å². The predicted molar refractivity (Wildman–Crippen MR) is 196 cm³/mol. The number of fused-ring (bicyclic) bond motifs is 5. The van der Waals surface area contributed by atoms with Gasteiger partial charge in [0.15, 0.2) is 0 Å². The van der Waals surface area contributed by atoms with Crippen LogP contribution in [-0.4, -0.2) is 9.97 Å². The number of thiazole rings is 2. The summed E-state index contributed by atoms with van der Waals surface area (Å²) in [5.41, 5.74) is 13.1. The van der Waals surface area contributed by atoms with Crippen molar-refractivity contribution < 1.29 is 0 Å². The first kappa shape index (κ1) is 27.2. The van der Waals surface area contributed by atoms with E-state index in [9.17, 15) is 0 Å². The van der Waals surface area contributed by atoms with Crippen LogP contribution in [0.4, 0.5) is 17.1 Å². The maximum absolute atomic E-state index is 5.07. The normalized spacial score (nSPS) is 13.2. The van der Waals surface area contributed by atoms with Crippen LogP contribution in [0.5, 0.6) is 0 Å². The summed E-state index contributed by atoms with van der Waals surface area (Å²) in [5, 5.41) is 2.07. The number of nitrogens with zero attached hydrogens (tertiary/aromatic N) is 3. The van der Waals surface area contributed by atoms with Crippen LogP contribution in [0, 0.1) is 0 Å². The summed E-state index contributed by atoms with van der Waals surface area (Å²) in [5.74, 6) is 0. The highest BCUT2D eigenvalue weighted by molar-refractivity contribution is 7.22. The standard InChI is InChI=1S/C41H29N3S2/c1-41(2)33-16-10-9-15-31(33)32-20-17-26(23-34(32)41)39-42-35-21-18-27(24-37(35)45-39)40-43-36-22-19-30(25-38(36)46-40)44(28-11-5-3-6-12-28)29-13-7-4-8-14-29/h3-25H,1-2H3. The van der Waals surface area contributed by atoms with E-state index in [0.717, 1.165) is 48.4 Å². The average Bonchev–Trinajstić information content (AvgIpc) is 3.78. The lowest BCUT2D eigenvalue weighted by Gasteiger charge is -2.25. The van der Waals surface area contributed by atoms with Crippen molar-refractivity contribution in [3.8, 4) is 32.3 Å². The van der Waals surface area contributed by atoms with Crippen LogP contribution < -0.4 is 4.90 Å². The lowest BCUT2D eigenvalue weighted by molar-refractivity contribution is 0.660. The third-order valence-electron chi connectivity index (χ3n) is 9.12. The average molecular weight is 628 g/mol. The summed E-state index contributed by atoms with van der Waals surface area (Å²) in [6, 6.07) is 49.8. The molecule has 220 valence electrons. The molecule has 0 unspecified atom stereocenters. The number of para-hydroxylation sites is 2. The maximum atomic E-state index is 5.07. The van der Waals surface area contributed by atoms with Crippen molar-refractivity contribution in [3.63, 3.8) is 0 Å². The molecule has 2 heterocycles. The molecule has 0 fully saturated rings. The SMILES string of the molecule is CC1(C)c2ccccc2-c2ccc(-c3nc4ccc(-c5nc6ccc(N(c7ccccc7)c7ccccc7)cc6s5)cc4s3)cc21. The number of hydrogen-bond donors (Lipinski definition) is 0. The van der Waals surface area contributed by atoms with Gasteiger partial charge in [0, 0.05) is 33.6 Å². The molecule has 6 aromatic carbocycles. The van der Waals surface area contributed by atoms with Crippen LogP contribution in [0.1, 0.15) is 25.0 Å². The van der Waals surface area contributed by atoms with Gasteiger partial charge in [-0.3, -0.25) is 0 Å². The van der Waals surface area contributed by atoms with Crippen LogP contribution in [0.15, 0.2) is 140 Å². The van der Waals surface area contributed by atoms with E-state index in [4.69, 9.17) is 9.97 Å². The number of hydrogen-bond acceptors (Lipinski definition) is 5. The van der Waals surface area contributed by atoms with Gasteiger partial charge < -0.3 is 4.90 Å². The summed E-state index contributed by atoms with van der Waals surface area (Å²) in [6.07, 6.45) is 0. The molecule has 2 aromatic heterocycles. The minimum Gasteiger partial charge on any atom is -0.310 e. The van der Waals surface area contributed by atoms with Gasteiger partial charge in [-0.05, 0) is 89.0 Å². The summed E-state index contributed by atoms with van der Waals surface area (Å²) in [6.45, 7) is 4.65. The topological polar surface area (TPSA) is 29.0 Å². The molecule has 0 atom stereocenters. The van der Waals surface area contributed by atoms with Crippen molar-refractivity contribution in [1.29, 1.82) is 0 Å². The first-order chi connectivity index (χ1) is 22.5. The van der Waals surface area contributed by atoms with Crippen LogP contribution >= 0.6 is 22.7 Å². The molecule has 9 rings (SSSR count). The lowest BCUT2D eigenvalue weighted by atomic mass is 9.82. The third kappa shape index (κ3) is 4.38. The molecule has 0 aliphatic heterocycles. The minimum absolute atomic E-state index is 0.0300. The van der Waals surface area contributed by atoms with E-state index >= 15 is 0 Å². The Kier molecular flexibility index (Phi) is 6.20. The molecule has 0 spiro atoms. The monoisotopic (exact) mass is 627 g/mol. The number of anilines is 3. The molecule has 8 aromatic rings. The molecule has 1 aliphatic carbocycles. The molecule has 0 N–H and O–H groups in total. The highest BCUT2D eigenvalue weighted by Gasteiger charge is 2.35. The zero-order valence-corrected chi connectivity index (χ0v) is 27.1. The Morgan fingerprint density at radius 2 is 1.02 bits per heavy atom. The number of rotatable bonds is 5. The second kappa shape index (κ2) is 10.5. The lowest BCUT2D eigenvalue weighted by Crippen LogP contribution is -2.14. The molecule has 5 heteroatoms. The van der Waals surface area contributed by atoms with Crippen molar-refractivity contribution >= 4 is 60.2 Å². The Bertz CT molecular complexity index is 2370. The Morgan fingerprint density at radius 1 is 0.478 bits per heavy atom. The second-order valence-electron chi connectivity index (χ2n) is 12.3. The molecular formula is C41H29N3S2.